The van der Waals surface area contributed by atoms with Crippen molar-refractivity contribution >= 4 is 17.9 Å². The molecular formula is C11H18N2O4. The van der Waals surface area contributed by atoms with Gasteiger partial charge < -0.3 is 10.4 Å². The number of carbonyl (C=O) groups is 3. The van der Waals surface area contributed by atoms with Crippen LogP contribution in [0.3, 0.4) is 0 Å². The first-order valence-corrected chi connectivity index (χ1v) is 5.87. The van der Waals surface area contributed by atoms with Crippen LogP contribution in [-0.4, -0.2) is 29.6 Å². The van der Waals surface area contributed by atoms with Crippen LogP contribution in [0, 0.1) is 5.92 Å². The molecule has 0 unspecified atom stereocenters. The standard InChI is InChI=1S/C11H18N2O4/c14-9(4-5-10(15)16)13-11(17)12-7-6-8-2-1-3-8/h8H,1-7H2,(H,15,16)(H2,12,13,14,17). The monoisotopic (exact) mass is 242 g/mol. The molecule has 6 heteroatoms. The van der Waals surface area contributed by atoms with Crippen LogP contribution in [0.2, 0.25) is 0 Å². The summed E-state index contributed by atoms with van der Waals surface area (Å²) in [6, 6.07) is -0.542. The van der Waals surface area contributed by atoms with Crippen molar-refractivity contribution in [1.82, 2.24) is 10.6 Å². The highest BCUT2D eigenvalue weighted by molar-refractivity contribution is 5.95. The summed E-state index contributed by atoms with van der Waals surface area (Å²) in [6.07, 6.45) is 4.22. The second-order valence-corrected chi connectivity index (χ2v) is 4.28. The molecule has 1 fully saturated rings. The molecule has 3 amide bonds. The zero-order valence-electron chi connectivity index (χ0n) is 9.70. The molecule has 0 atom stereocenters. The summed E-state index contributed by atoms with van der Waals surface area (Å²) in [5.74, 6) is -0.905. The van der Waals surface area contributed by atoms with Crippen molar-refractivity contribution in [2.75, 3.05) is 6.54 Å². The molecule has 1 rings (SSSR count). The van der Waals surface area contributed by atoms with Crippen molar-refractivity contribution in [3.63, 3.8) is 0 Å². The maximum Gasteiger partial charge on any atom is 0.321 e. The third-order valence-electron chi connectivity index (χ3n) is 2.88. The summed E-state index contributed by atoms with van der Waals surface area (Å²) >= 11 is 0. The first-order chi connectivity index (χ1) is 8.08. The van der Waals surface area contributed by atoms with Crippen molar-refractivity contribution in [3.05, 3.63) is 0 Å². The molecule has 1 aliphatic rings. The zero-order chi connectivity index (χ0) is 12.7. The van der Waals surface area contributed by atoms with Crippen LogP contribution in [0.1, 0.15) is 38.5 Å². The number of hydrogen-bond donors (Lipinski definition) is 3. The molecule has 0 bridgehead atoms. The van der Waals surface area contributed by atoms with E-state index in [1.54, 1.807) is 0 Å². The van der Waals surface area contributed by atoms with Gasteiger partial charge in [0.25, 0.3) is 0 Å². The molecule has 6 nitrogen and oxygen atoms in total. The molecule has 0 aliphatic heterocycles. The molecule has 17 heavy (non-hydrogen) atoms. The van der Waals surface area contributed by atoms with Gasteiger partial charge in [0, 0.05) is 13.0 Å². The minimum atomic E-state index is -1.05. The molecule has 1 aliphatic carbocycles. The Morgan fingerprint density at radius 1 is 1.18 bits per heavy atom. The number of rotatable bonds is 6. The van der Waals surface area contributed by atoms with Gasteiger partial charge >= 0.3 is 12.0 Å². The smallest absolute Gasteiger partial charge is 0.321 e. The second-order valence-electron chi connectivity index (χ2n) is 4.28. The lowest BCUT2D eigenvalue weighted by atomic mass is 9.83. The Morgan fingerprint density at radius 2 is 1.88 bits per heavy atom. The van der Waals surface area contributed by atoms with E-state index in [2.05, 4.69) is 10.6 Å². The maximum atomic E-state index is 11.2. The van der Waals surface area contributed by atoms with Crippen LogP contribution in [0.4, 0.5) is 4.79 Å². The Kier molecular flexibility index (Phi) is 5.45. The third-order valence-corrected chi connectivity index (χ3v) is 2.88. The van der Waals surface area contributed by atoms with Crippen LogP contribution in [0.5, 0.6) is 0 Å². The van der Waals surface area contributed by atoms with E-state index in [-0.39, 0.29) is 12.8 Å². The topological polar surface area (TPSA) is 95.5 Å². The van der Waals surface area contributed by atoms with Crippen LogP contribution in [0.15, 0.2) is 0 Å². The molecule has 0 aromatic heterocycles. The van der Waals surface area contributed by atoms with Gasteiger partial charge in [-0.1, -0.05) is 19.3 Å². The van der Waals surface area contributed by atoms with E-state index in [0.29, 0.717) is 12.5 Å². The van der Waals surface area contributed by atoms with Gasteiger partial charge in [0.2, 0.25) is 5.91 Å². The van der Waals surface area contributed by atoms with Crippen LogP contribution >= 0.6 is 0 Å². The SMILES string of the molecule is O=C(O)CCC(=O)NC(=O)NCCC1CCC1. The van der Waals surface area contributed by atoms with E-state index in [9.17, 15) is 14.4 Å². The van der Waals surface area contributed by atoms with Crippen molar-refractivity contribution in [2.45, 2.75) is 38.5 Å². The molecule has 3 N–H and O–H groups in total. The summed E-state index contributed by atoms with van der Waals surface area (Å²) in [4.78, 5) is 32.5. The van der Waals surface area contributed by atoms with Gasteiger partial charge in [-0.15, -0.1) is 0 Å². The molecule has 1 saturated carbocycles. The van der Waals surface area contributed by atoms with Crippen molar-refractivity contribution in [2.24, 2.45) is 5.92 Å². The van der Waals surface area contributed by atoms with Crippen molar-refractivity contribution < 1.29 is 19.5 Å². The van der Waals surface area contributed by atoms with Crippen LogP contribution in [-0.2, 0) is 9.59 Å². The number of nitrogens with one attached hydrogen (secondary N) is 2. The fourth-order valence-electron chi connectivity index (χ4n) is 1.63. The van der Waals surface area contributed by atoms with E-state index < -0.39 is 17.9 Å². The van der Waals surface area contributed by atoms with Gasteiger partial charge in [0.1, 0.15) is 0 Å². The number of carboxylic acid groups (broad SMARTS) is 1. The lowest BCUT2D eigenvalue weighted by molar-refractivity contribution is -0.138. The minimum absolute atomic E-state index is 0.175. The summed E-state index contributed by atoms with van der Waals surface area (Å²) in [5, 5.41) is 13.0. The average Bonchev–Trinajstić information content (AvgIpc) is 2.18. The molecule has 0 aromatic rings. The predicted octanol–water partition coefficient (Wildman–Crippen LogP) is 0.867. The fraction of sp³-hybridized carbons (Fsp3) is 0.727. The maximum absolute atomic E-state index is 11.2. The van der Waals surface area contributed by atoms with E-state index in [4.69, 9.17) is 5.11 Å². The average molecular weight is 242 g/mol. The Morgan fingerprint density at radius 3 is 2.41 bits per heavy atom. The zero-order valence-corrected chi connectivity index (χ0v) is 9.70. The molecule has 0 spiro atoms. The van der Waals surface area contributed by atoms with Gasteiger partial charge in [-0.25, -0.2) is 4.79 Å². The van der Waals surface area contributed by atoms with Crippen LogP contribution in [0.25, 0.3) is 0 Å². The highest BCUT2D eigenvalue weighted by atomic mass is 16.4. The number of amides is 3. The Bertz CT molecular complexity index is 300. The highest BCUT2D eigenvalue weighted by Crippen LogP contribution is 2.28. The van der Waals surface area contributed by atoms with E-state index in [1.165, 1.54) is 19.3 Å². The summed E-state index contributed by atoms with van der Waals surface area (Å²) in [7, 11) is 0. The van der Waals surface area contributed by atoms with Gasteiger partial charge in [-0.05, 0) is 12.3 Å². The molecule has 0 radical (unpaired) electrons. The Hall–Kier alpha value is -1.59. The van der Waals surface area contributed by atoms with Gasteiger partial charge in [-0.2, -0.15) is 0 Å². The molecule has 96 valence electrons. The predicted molar refractivity (Wildman–Crippen MR) is 60.4 cm³/mol. The normalized spacial score (nSPS) is 14.8. The first-order valence-electron chi connectivity index (χ1n) is 5.87. The van der Waals surface area contributed by atoms with Crippen molar-refractivity contribution in [1.29, 1.82) is 0 Å². The molecule has 0 aromatic carbocycles. The Labute approximate surface area is 99.8 Å². The number of imide groups is 1. The molecule has 0 heterocycles. The number of aliphatic carboxylic acids is 1. The number of hydrogen-bond acceptors (Lipinski definition) is 3. The van der Waals surface area contributed by atoms with Crippen LogP contribution < -0.4 is 10.6 Å². The first kappa shape index (κ1) is 13.5. The largest absolute Gasteiger partial charge is 0.481 e. The lowest BCUT2D eigenvalue weighted by Gasteiger charge is -2.25. The minimum Gasteiger partial charge on any atom is -0.481 e. The van der Waals surface area contributed by atoms with Gasteiger partial charge in [-0.3, -0.25) is 14.9 Å². The number of urea groups is 1. The lowest BCUT2D eigenvalue weighted by Crippen LogP contribution is -2.40. The van der Waals surface area contributed by atoms with Crippen molar-refractivity contribution in [3.8, 4) is 0 Å². The number of carbonyl (C=O) groups excluding carboxylic acids is 2. The number of carboxylic acids is 1. The van der Waals surface area contributed by atoms with E-state index in [0.717, 1.165) is 6.42 Å². The molecular weight excluding hydrogens is 224 g/mol. The van der Waals surface area contributed by atoms with Gasteiger partial charge in [0.05, 0.1) is 6.42 Å². The van der Waals surface area contributed by atoms with Gasteiger partial charge in [0.15, 0.2) is 0 Å². The third kappa shape index (κ3) is 5.89. The quantitative estimate of drug-likeness (QED) is 0.644. The van der Waals surface area contributed by atoms with E-state index >= 15 is 0 Å². The van der Waals surface area contributed by atoms with E-state index in [1.807, 2.05) is 0 Å². The second kappa shape index (κ2) is 6.88. The Balaban J connectivity index is 2.02. The fourth-order valence-corrected chi connectivity index (χ4v) is 1.63. The summed E-state index contributed by atoms with van der Waals surface area (Å²) < 4.78 is 0. The molecule has 0 saturated heterocycles. The highest BCUT2D eigenvalue weighted by Gasteiger charge is 2.17. The summed E-state index contributed by atoms with van der Waals surface area (Å²) in [5.41, 5.74) is 0. The summed E-state index contributed by atoms with van der Waals surface area (Å²) in [6.45, 7) is 0.558.